The Bertz CT molecular complexity index is 361. The maximum atomic E-state index is 13.4. The van der Waals surface area contributed by atoms with Crippen molar-refractivity contribution in [3.63, 3.8) is 0 Å². The minimum absolute atomic E-state index is 0.168. The minimum atomic E-state index is -0.328. The summed E-state index contributed by atoms with van der Waals surface area (Å²) in [6.45, 7) is 5.43. The zero-order valence-electron chi connectivity index (χ0n) is 10.7. The number of ether oxygens (including phenoxy) is 1. The first-order chi connectivity index (χ1) is 7.92. The van der Waals surface area contributed by atoms with Crippen LogP contribution >= 0.6 is 0 Å². The predicted octanol–water partition coefficient (Wildman–Crippen LogP) is 2.05. The van der Waals surface area contributed by atoms with Crippen LogP contribution in [0.4, 0.5) is 4.39 Å². The van der Waals surface area contributed by atoms with Gasteiger partial charge in [0.05, 0.1) is 7.11 Å². The Hall–Kier alpha value is -1.13. The molecule has 1 aromatic rings. The fourth-order valence-corrected chi connectivity index (χ4v) is 1.46. The summed E-state index contributed by atoms with van der Waals surface area (Å²) < 4.78 is 18.2. The van der Waals surface area contributed by atoms with Crippen molar-refractivity contribution < 1.29 is 9.13 Å². The van der Waals surface area contributed by atoms with E-state index in [4.69, 9.17) is 10.5 Å². The van der Waals surface area contributed by atoms with Crippen LogP contribution in [-0.2, 0) is 6.54 Å². The van der Waals surface area contributed by atoms with E-state index in [0.29, 0.717) is 6.54 Å². The number of nitrogens with two attached hydrogens (primary N) is 1. The van der Waals surface area contributed by atoms with Gasteiger partial charge >= 0.3 is 0 Å². The summed E-state index contributed by atoms with van der Waals surface area (Å²) in [6, 6.07) is 4.97. The molecule has 0 atom stereocenters. The van der Waals surface area contributed by atoms with Gasteiger partial charge in [-0.25, -0.2) is 4.39 Å². The van der Waals surface area contributed by atoms with Crippen LogP contribution in [0.3, 0.4) is 0 Å². The average molecular weight is 240 g/mol. The third-order valence-corrected chi connectivity index (χ3v) is 2.49. The Morgan fingerprint density at radius 1 is 1.41 bits per heavy atom. The first-order valence-electron chi connectivity index (χ1n) is 5.74. The molecule has 3 nitrogen and oxygen atoms in total. The number of hydrogen-bond donors (Lipinski definition) is 2. The van der Waals surface area contributed by atoms with Crippen molar-refractivity contribution in [3.8, 4) is 5.75 Å². The van der Waals surface area contributed by atoms with E-state index in [9.17, 15) is 4.39 Å². The molecule has 0 aliphatic rings. The van der Waals surface area contributed by atoms with Gasteiger partial charge in [-0.1, -0.05) is 6.07 Å². The highest BCUT2D eigenvalue weighted by atomic mass is 19.1. The number of hydrogen-bond acceptors (Lipinski definition) is 3. The summed E-state index contributed by atoms with van der Waals surface area (Å²) in [7, 11) is 1.46. The van der Waals surface area contributed by atoms with Gasteiger partial charge in [-0.2, -0.15) is 0 Å². The lowest BCUT2D eigenvalue weighted by atomic mass is 10.0. The van der Waals surface area contributed by atoms with Crippen molar-refractivity contribution in [1.29, 1.82) is 0 Å². The minimum Gasteiger partial charge on any atom is -0.494 e. The van der Waals surface area contributed by atoms with Gasteiger partial charge in [-0.05, 0) is 44.5 Å². The van der Waals surface area contributed by atoms with Crippen LogP contribution in [0.5, 0.6) is 5.75 Å². The highest BCUT2D eigenvalue weighted by Gasteiger charge is 2.09. The molecule has 0 heterocycles. The van der Waals surface area contributed by atoms with Crippen molar-refractivity contribution >= 4 is 0 Å². The summed E-state index contributed by atoms with van der Waals surface area (Å²) >= 11 is 0. The van der Waals surface area contributed by atoms with Crippen LogP contribution in [-0.4, -0.2) is 19.2 Å². The van der Waals surface area contributed by atoms with Crippen molar-refractivity contribution in [2.24, 2.45) is 5.73 Å². The second-order valence-corrected chi connectivity index (χ2v) is 4.88. The largest absolute Gasteiger partial charge is 0.494 e. The molecule has 4 heteroatoms. The average Bonchev–Trinajstić information content (AvgIpc) is 2.23. The summed E-state index contributed by atoms with van der Waals surface area (Å²) in [5.74, 6) is -0.0530. The van der Waals surface area contributed by atoms with E-state index in [1.54, 1.807) is 6.07 Å². The number of nitrogens with one attached hydrogen (secondary N) is 1. The van der Waals surface area contributed by atoms with Gasteiger partial charge in [0.15, 0.2) is 11.6 Å². The number of rotatable bonds is 6. The summed E-state index contributed by atoms with van der Waals surface area (Å²) in [5, 5.41) is 3.24. The van der Waals surface area contributed by atoms with Gasteiger partial charge in [0, 0.05) is 12.1 Å². The Kier molecular flexibility index (Phi) is 4.90. The summed E-state index contributed by atoms with van der Waals surface area (Å²) in [4.78, 5) is 0. The molecule has 0 unspecified atom stereocenters. The van der Waals surface area contributed by atoms with Crippen LogP contribution < -0.4 is 15.8 Å². The third-order valence-electron chi connectivity index (χ3n) is 2.49. The molecule has 0 saturated carbocycles. The molecule has 0 aromatic heterocycles. The zero-order valence-corrected chi connectivity index (χ0v) is 10.7. The molecule has 0 fully saturated rings. The maximum absolute atomic E-state index is 13.4. The first kappa shape index (κ1) is 13.9. The van der Waals surface area contributed by atoms with Gasteiger partial charge < -0.3 is 15.8 Å². The number of benzene rings is 1. The molecule has 0 bridgehead atoms. The van der Waals surface area contributed by atoms with E-state index >= 15 is 0 Å². The molecule has 0 spiro atoms. The van der Waals surface area contributed by atoms with Crippen LogP contribution in [0.2, 0.25) is 0 Å². The maximum Gasteiger partial charge on any atom is 0.165 e. The van der Waals surface area contributed by atoms with E-state index in [-0.39, 0.29) is 17.1 Å². The van der Waals surface area contributed by atoms with Crippen molar-refractivity contribution in [2.45, 2.75) is 32.4 Å². The van der Waals surface area contributed by atoms with Crippen molar-refractivity contribution in [2.75, 3.05) is 13.7 Å². The number of methoxy groups -OCH3 is 1. The molecule has 17 heavy (non-hydrogen) atoms. The molecule has 0 aliphatic heterocycles. The second-order valence-electron chi connectivity index (χ2n) is 4.88. The fraction of sp³-hybridized carbons (Fsp3) is 0.538. The van der Waals surface area contributed by atoms with E-state index in [1.807, 2.05) is 19.9 Å². The molecule has 0 amide bonds. The van der Waals surface area contributed by atoms with E-state index in [0.717, 1.165) is 18.5 Å². The Morgan fingerprint density at radius 3 is 2.65 bits per heavy atom. The van der Waals surface area contributed by atoms with Gasteiger partial charge in [0.1, 0.15) is 0 Å². The van der Waals surface area contributed by atoms with Gasteiger partial charge in [-0.15, -0.1) is 0 Å². The SMILES string of the molecule is COc1ccc(CNCCC(C)(C)N)cc1F. The smallest absolute Gasteiger partial charge is 0.165 e. The standard InChI is InChI=1S/C13H21FN2O/c1-13(2,15)6-7-16-9-10-4-5-12(17-3)11(14)8-10/h4-5,8,16H,6-7,9,15H2,1-3H3. The van der Waals surface area contributed by atoms with Crippen LogP contribution in [0.1, 0.15) is 25.8 Å². The quantitative estimate of drug-likeness (QED) is 0.748. The summed E-state index contributed by atoms with van der Waals surface area (Å²) in [5.41, 5.74) is 6.59. The Labute approximate surface area is 102 Å². The highest BCUT2D eigenvalue weighted by Crippen LogP contribution is 2.17. The molecular weight excluding hydrogens is 219 g/mol. The lowest BCUT2D eigenvalue weighted by Gasteiger charge is -2.18. The normalized spacial score (nSPS) is 11.6. The Balaban J connectivity index is 2.40. The Morgan fingerprint density at radius 2 is 2.12 bits per heavy atom. The molecule has 0 radical (unpaired) electrons. The fourth-order valence-electron chi connectivity index (χ4n) is 1.46. The molecule has 0 saturated heterocycles. The molecule has 3 N–H and O–H groups in total. The number of halogens is 1. The predicted molar refractivity (Wildman–Crippen MR) is 67.5 cm³/mol. The van der Waals surface area contributed by atoms with Crippen LogP contribution in [0.25, 0.3) is 0 Å². The molecule has 1 aromatic carbocycles. The molecule has 96 valence electrons. The molecule has 0 aliphatic carbocycles. The molecule has 1 rings (SSSR count). The van der Waals surface area contributed by atoms with Crippen LogP contribution in [0, 0.1) is 5.82 Å². The topological polar surface area (TPSA) is 47.3 Å². The van der Waals surface area contributed by atoms with E-state index in [2.05, 4.69) is 5.32 Å². The monoisotopic (exact) mass is 240 g/mol. The van der Waals surface area contributed by atoms with Crippen molar-refractivity contribution in [3.05, 3.63) is 29.6 Å². The van der Waals surface area contributed by atoms with Crippen LogP contribution in [0.15, 0.2) is 18.2 Å². The van der Waals surface area contributed by atoms with Gasteiger partial charge in [-0.3, -0.25) is 0 Å². The van der Waals surface area contributed by atoms with E-state index < -0.39 is 0 Å². The molecular formula is C13H21FN2O. The van der Waals surface area contributed by atoms with Gasteiger partial charge in [0.25, 0.3) is 0 Å². The van der Waals surface area contributed by atoms with Gasteiger partial charge in [0.2, 0.25) is 0 Å². The second kappa shape index (κ2) is 5.98. The lowest BCUT2D eigenvalue weighted by Crippen LogP contribution is -2.35. The lowest BCUT2D eigenvalue weighted by molar-refractivity contribution is 0.386. The third kappa shape index (κ3) is 5.15. The highest BCUT2D eigenvalue weighted by molar-refractivity contribution is 5.29. The van der Waals surface area contributed by atoms with E-state index in [1.165, 1.54) is 13.2 Å². The van der Waals surface area contributed by atoms with Crippen molar-refractivity contribution in [1.82, 2.24) is 5.32 Å². The first-order valence-corrected chi connectivity index (χ1v) is 5.74. The summed E-state index contributed by atoms with van der Waals surface area (Å²) in [6.07, 6.45) is 0.881. The zero-order chi connectivity index (χ0) is 12.9.